The highest BCUT2D eigenvalue weighted by Gasteiger charge is 2.27. The second-order valence-electron chi connectivity index (χ2n) is 25.0. The van der Waals surface area contributed by atoms with Crippen LogP contribution in [0.4, 0.5) is 0 Å². The molecule has 0 aliphatic rings. The van der Waals surface area contributed by atoms with E-state index >= 15 is 0 Å². The highest BCUT2D eigenvalue weighted by Crippen LogP contribution is 2.38. The number of unbranched alkanes of at least 4 members (excludes halogenated alkanes) is 42. The lowest BCUT2D eigenvalue weighted by Gasteiger charge is -2.30. The zero-order valence-corrected chi connectivity index (χ0v) is 55.4. The molecule has 0 rings (SSSR count). The highest BCUT2D eigenvalue weighted by atomic mass is 31.2. The Morgan fingerprint density at radius 2 is 0.753 bits per heavy atom. The van der Waals surface area contributed by atoms with Crippen LogP contribution in [0.1, 0.15) is 342 Å². The molecule has 9 nitrogen and oxygen atoms in total. The summed E-state index contributed by atoms with van der Waals surface area (Å²) in [6, 6.07) is -0.890. The van der Waals surface area contributed by atoms with Crippen molar-refractivity contribution < 1.29 is 37.3 Å². The molecule has 476 valence electrons. The van der Waals surface area contributed by atoms with Crippen LogP contribution in [0.25, 0.3) is 0 Å². The Bertz CT molecular complexity index is 1520. The van der Waals surface area contributed by atoms with E-state index in [-0.39, 0.29) is 31.5 Å². The number of phosphoric acid groups is 1. The first-order valence-corrected chi connectivity index (χ1v) is 36.4. The van der Waals surface area contributed by atoms with Crippen molar-refractivity contribution in [3.05, 3.63) is 48.6 Å². The number of amides is 1. The van der Waals surface area contributed by atoms with Gasteiger partial charge in [0.15, 0.2) is 0 Å². The van der Waals surface area contributed by atoms with E-state index in [1.165, 1.54) is 231 Å². The monoisotopic (exact) mass is 1160 g/mol. The predicted octanol–water partition coefficient (Wildman–Crippen LogP) is 21.4. The first kappa shape index (κ1) is 79.0. The SMILES string of the molecule is CCCCC/C=C\C/C=C\CCCCCCCCCC(=O)OC(/C=C\CCCCCCCCCCC)C(COP(=O)([O-])OCC[N+](C)(C)C)NC(=O)CCCCCCCCCCCCCCCCCCC/C=C/CCCCCCCC. The van der Waals surface area contributed by atoms with Gasteiger partial charge in [-0.05, 0) is 89.5 Å². The molecule has 0 aromatic rings. The maximum Gasteiger partial charge on any atom is 0.306 e. The third kappa shape index (κ3) is 62.3. The maximum absolute atomic E-state index is 13.6. The molecule has 0 saturated carbocycles. The number of quaternary nitrogens is 1. The Balaban J connectivity index is 4.97. The van der Waals surface area contributed by atoms with Gasteiger partial charge in [-0.25, -0.2) is 0 Å². The molecule has 0 aliphatic carbocycles. The van der Waals surface area contributed by atoms with Crippen molar-refractivity contribution in [3.8, 4) is 0 Å². The molecule has 10 heteroatoms. The summed E-state index contributed by atoms with van der Waals surface area (Å²) < 4.78 is 30.4. The zero-order valence-electron chi connectivity index (χ0n) is 54.5. The molecular weight excluding hydrogens is 1020 g/mol. The summed E-state index contributed by atoms with van der Waals surface area (Å²) in [4.78, 5) is 40.1. The van der Waals surface area contributed by atoms with Crippen molar-refractivity contribution in [3.63, 3.8) is 0 Å². The van der Waals surface area contributed by atoms with Crippen molar-refractivity contribution in [2.24, 2.45) is 0 Å². The van der Waals surface area contributed by atoms with Crippen LogP contribution in [0, 0.1) is 0 Å². The van der Waals surface area contributed by atoms with Crippen molar-refractivity contribution in [1.82, 2.24) is 5.32 Å². The molecule has 0 saturated heterocycles. The molecule has 0 spiro atoms. The van der Waals surface area contributed by atoms with E-state index in [9.17, 15) is 19.0 Å². The van der Waals surface area contributed by atoms with Crippen LogP contribution in [-0.4, -0.2) is 69.4 Å². The van der Waals surface area contributed by atoms with E-state index in [2.05, 4.69) is 62.5 Å². The van der Waals surface area contributed by atoms with Crippen LogP contribution in [0.2, 0.25) is 0 Å². The number of hydrogen-bond donors (Lipinski definition) is 1. The summed E-state index contributed by atoms with van der Waals surface area (Å²) in [6.07, 6.45) is 76.7. The van der Waals surface area contributed by atoms with Crippen LogP contribution in [0.3, 0.4) is 0 Å². The van der Waals surface area contributed by atoms with E-state index in [1.54, 1.807) is 0 Å². The van der Waals surface area contributed by atoms with Gasteiger partial charge < -0.3 is 28.5 Å². The number of ether oxygens (including phenoxy) is 1. The Labute approximate surface area is 503 Å². The number of allylic oxidation sites excluding steroid dienone is 7. The normalized spacial score (nSPS) is 13.8. The number of carbonyl (C=O) groups excluding carboxylic acids is 2. The van der Waals surface area contributed by atoms with Crippen molar-refractivity contribution in [1.29, 1.82) is 0 Å². The van der Waals surface area contributed by atoms with Gasteiger partial charge >= 0.3 is 5.97 Å². The molecule has 81 heavy (non-hydrogen) atoms. The van der Waals surface area contributed by atoms with Crippen LogP contribution >= 0.6 is 7.82 Å². The number of carbonyl (C=O) groups is 2. The maximum atomic E-state index is 13.6. The van der Waals surface area contributed by atoms with E-state index < -0.39 is 20.0 Å². The van der Waals surface area contributed by atoms with Gasteiger partial charge in [-0.2, -0.15) is 0 Å². The van der Waals surface area contributed by atoms with Gasteiger partial charge in [0.2, 0.25) is 5.91 Å². The predicted molar refractivity (Wildman–Crippen MR) is 349 cm³/mol. The Kier molecular flexibility index (Phi) is 59.5. The molecule has 0 fully saturated rings. The minimum atomic E-state index is -4.70. The largest absolute Gasteiger partial charge is 0.756 e. The number of esters is 1. The summed E-state index contributed by atoms with van der Waals surface area (Å²) in [6.45, 7) is 6.84. The fraction of sp³-hybridized carbons (Fsp3) is 0.859. The average Bonchev–Trinajstić information content (AvgIpc) is 3.43. The molecule has 1 N–H and O–H groups in total. The summed E-state index contributed by atoms with van der Waals surface area (Å²) in [7, 11) is 1.19. The molecule has 0 radical (unpaired) electrons. The van der Waals surface area contributed by atoms with Crippen LogP contribution < -0.4 is 10.2 Å². The van der Waals surface area contributed by atoms with E-state index in [1.807, 2.05) is 33.3 Å². The van der Waals surface area contributed by atoms with Gasteiger partial charge in [0.25, 0.3) is 7.82 Å². The lowest BCUT2D eigenvalue weighted by Crippen LogP contribution is -2.47. The lowest BCUT2D eigenvalue weighted by atomic mass is 10.0. The summed E-state index contributed by atoms with van der Waals surface area (Å²) >= 11 is 0. The summed E-state index contributed by atoms with van der Waals surface area (Å²) in [5.74, 6) is -0.537. The van der Waals surface area contributed by atoms with E-state index in [4.69, 9.17) is 13.8 Å². The van der Waals surface area contributed by atoms with Crippen LogP contribution in [0.5, 0.6) is 0 Å². The standard InChI is InChI=1S/C71H135N2O7P/c1-7-10-13-16-19-22-25-27-29-31-32-33-34-35-36-37-38-39-40-42-43-45-48-51-54-57-60-63-70(74)72-68(67-79-81(76,77)78-66-65-73(4,5)6)69(62-59-56-53-50-47-24-21-18-15-12-9-3)80-71(75)64-61-58-55-52-49-46-44-41-30-28-26-23-20-17-14-11-8-2/h20,23,27-30,59,62,68-69H,7-19,21-22,24-26,31-58,60-61,63-67H2,1-6H3,(H-,72,74,76,77)/b23-20-,29-27+,30-28-,62-59-. The van der Waals surface area contributed by atoms with Gasteiger partial charge in [0, 0.05) is 12.8 Å². The molecule has 0 aliphatic heterocycles. The minimum absolute atomic E-state index is 0.0224. The topological polar surface area (TPSA) is 114 Å². The van der Waals surface area contributed by atoms with Gasteiger partial charge in [0.05, 0.1) is 33.8 Å². The molecule has 0 aromatic carbocycles. The zero-order chi connectivity index (χ0) is 59.3. The number of likely N-dealkylation sites (N-methyl/N-ethyl adjacent to an activating group) is 1. The highest BCUT2D eigenvalue weighted by molar-refractivity contribution is 7.45. The first-order chi connectivity index (χ1) is 39.4. The Hall–Kier alpha value is -2.03. The fourth-order valence-electron chi connectivity index (χ4n) is 10.3. The minimum Gasteiger partial charge on any atom is -0.756 e. The van der Waals surface area contributed by atoms with Gasteiger partial charge in [0.1, 0.15) is 19.3 Å². The number of hydrogen-bond acceptors (Lipinski definition) is 7. The third-order valence-electron chi connectivity index (χ3n) is 15.7. The lowest BCUT2D eigenvalue weighted by molar-refractivity contribution is -0.870. The molecule has 1 amide bonds. The van der Waals surface area contributed by atoms with Crippen LogP contribution in [-0.2, 0) is 27.9 Å². The molecular formula is C71H135N2O7P. The Morgan fingerprint density at radius 1 is 0.432 bits per heavy atom. The van der Waals surface area contributed by atoms with Gasteiger partial charge in [-0.1, -0.05) is 288 Å². The molecule has 0 bridgehead atoms. The van der Waals surface area contributed by atoms with E-state index in [0.29, 0.717) is 17.4 Å². The Morgan fingerprint density at radius 3 is 1.15 bits per heavy atom. The molecule has 3 atom stereocenters. The number of nitrogens with one attached hydrogen (secondary N) is 1. The molecule has 0 aromatic heterocycles. The van der Waals surface area contributed by atoms with Crippen LogP contribution in [0.15, 0.2) is 48.6 Å². The third-order valence-corrected chi connectivity index (χ3v) is 16.7. The number of nitrogens with zero attached hydrogens (tertiary/aromatic N) is 1. The van der Waals surface area contributed by atoms with Gasteiger partial charge in [-0.15, -0.1) is 0 Å². The second-order valence-corrected chi connectivity index (χ2v) is 26.4. The number of phosphoric ester groups is 1. The van der Waals surface area contributed by atoms with Crippen molar-refractivity contribution in [2.45, 2.75) is 354 Å². The van der Waals surface area contributed by atoms with E-state index in [0.717, 1.165) is 77.0 Å². The van der Waals surface area contributed by atoms with Crippen molar-refractivity contribution in [2.75, 3.05) is 40.9 Å². The smallest absolute Gasteiger partial charge is 0.306 e. The number of rotatable bonds is 64. The molecule has 0 heterocycles. The second kappa shape index (κ2) is 61.1. The summed E-state index contributed by atoms with van der Waals surface area (Å²) in [5.41, 5.74) is 0. The molecule has 3 unspecified atom stereocenters. The van der Waals surface area contributed by atoms with Crippen molar-refractivity contribution >= 4 is 19.7 Å². The summed E-state index contributed by atoms with van der Waals surface area (Å²) in [5, 5.41) is 3.04. The average molecular weight is 1160 g/mol. The quantitative estimate of drug-likeness (QED) is 0.0212. The fourth-order valence-corrected chi connectivity index (χ4v) is 11.0. The first-order valence-electron chi connectivity index (χ1n) is 34.9. The van der Waals surface area contributed by atoms with Gasteiger partial charge in [-0.3, -0.25) is 14.2 Å².